The number of rotatable bonds is 4. The minimum Gasteiger partial charge on any atom is -0.410 e. The van der Waals surface area contributed by atoms with Gasteiger partial charge in [0, 0.05) is 31.1 Å². The topological polar surface area (TPSA) is 74.6 Å². The molecule has 2 heterocycles. The summed E-state index contributed by atoms with van der Waals surface area (Å²) in [4.78, 5) is 1.14. The molecule has 1 aromatic rings. The SMILES string of the molecule is O=P(/C(=N\O)Sc1ccccc1)(N1CCOCC1)N1CCOCC1. The molecule has 0 spiro atoms. The smallest absolute Gasteiger partial charge is 0.274 e. The highest BCUT2D eigenvalue weighted by Crippen LogP contribution is 2.58. The first-order chi connectivity index (χ1) is 11.7. The molecule has 0 radical (unpaired) electrons. The third-order valence-electron chi connectivity index (χ3n) is 4.03. The van der Waals surface area contributed by atoms with Crippen molar-refractivity contribution in [3.63, 3.8) is 0 Å². The van der Waals surface area contributed by atoms with E-state index in [4.69, 9.17) is 9.47 Å². The van der Waals surface area contributed by atoms with Crippen LogP contribution in [-0.4, -0.2) is 71.9 Å². The Morgan fingerprint density at radius 3 is 1.96 bits per heavy atom. The fraction of sp³-hybridized carbons (Fsp3) is 0.533. The third kappa shape index (κ3) is 3.85. The van der Waals surface area contributed by atoms with Crippen molar-refractivity contribution in [3.05, 3.63) is 30.3 Å². The molecular weight excluding hydrogens is 349 g/mol. The zero-order valence-electron chi connectivity index (χ0n) is 13.4. The van der Waals surface area contributed by atoms with Crippen molar-refractivity contribution in [2.45, 2.75) is 4.90 Å². The lowest BCUT2D eigenvalue weighted by molar-refractivity contribution is 0.0542. The van der Waals surface area contributed by atoms with Gasteiger partial charge in [-0.25, -0.2) is 9.34 Å². The molecule has 0 unspecified atom stereocenters. The monoisotopic (exact) mass is 371 g/mol. The highest BCUT2D eigenvalue weighted by molar-refractivity contribution is 8.26. The first kappa shape index (κ1) is 17.9. The van der Waals surface area contributed by atoms with E-state index in [1.54, 1.807) is 0 Å². The van der Waals surface area contributed by atoms with Gasteiger partial charge in [-0.05, 0) is 12.1 Å². The summed E-state index contributed by atoms with van der Waals surface area (Å²) in [7, 11) is -3.18. The summed E-state index contributed by atoms with van der Waals surface area (Å²) in [6.45, 7) is 4.36. The molecule has 24 heavy (non-hydrogen) atoms. The fourth-order valence-corrected chi connectivity index (χ4v) is 7.20. The molecule has 0 aromatic heterocycles. The Hall–Kier alpha value is -0.890. The van der Waals surface area contributed by atoms with E-state index < -0.39 is 7.44 Å². The van der Waals surface area contributed by atoms with E-state index in [9.17, 15) is 9.77 Å². The van der Waals surface area contributed by atoms with E-state index in [2.05, 4.69) is 5.16 Å². The van der Waals surface area contributed by atoms with Crippen LogP contribution < -0.4 is 0 Å². The van der Waals surface area contributed by atoms with Crippen LogP contribution in [0.3, 0.4) is 0 Å². The highest BCUT2D eigenvalue weighted by Gasteiger charge is 2.44. The summed E-state index contributed by atoms with van der Waals surface area (Å²) in [5.74, 6) is 0. The number of hydrogen-bond donors (Lipinski definition) is 1. The molecule has 0 atom stereocenters. The van der Waals surface area contributed by atoms with Crippen molar-refractivity contribution in [1.29, 1.82) is 0 Å². The largest absolute Gasteiger partial charge is 0.410 e. The number of morpholine rings is 2. The number of hydrogen-bond acceptors (Lipinski definition) is 6. The maximum absolute atomic E-state index is 14.1. The van der Waals surface area contributed by atoms with Gasteiger partial charge in [-0.15, -0.1) is 0 Å². The Morgan fingerprint density at radius 1 is 1.00 bits per heavy atom. The number of ether oxygens (including phenoxy) is 2. The van der Waals surface area contributed by atoms with Gasteiger partial charge in [0.25, 0.3) is 7.44 Å². The minimum atomic E-state index is -3.18. The normalized spacial score (nSPS) is 21.8. The van der Waals surface area contributed by atoms with Crippen LogP contribution in [0.1, 0.15) is 0 Å². The minimum absolute atomic E-state index is 0.248. The van der Waals surface area contributed by atoms with Crippen molar-refractivity contribution >= 4 is 24.0 Å². The number of oxime groups is 1. The summed E-state index contributed by atoms with van der Waals surface area (Å²) >= 11 is 1.25. The van der Waals surface area contributed by atoms with Gasteiger partial charge in [-0.1, -0.05) is 35.1 Å². The lowest BCUT2D eigenvalue weighted by atomic mass is 10.4. The molecule has 3 rings (SSSR count). The van der Waals surface area contributed by atoms with E-state index in [0.717, 1.165) is 4.90 Å². The average Bonchev–Trinajstić information content (AvgIpc) is 2.67. The zero-order valence-corrected chi connectivity index (χ0v) is 15.1. The Bertz CT molecular complexity index is 582. The third-order valence-corrected chi connectivity index (χ3v) is 8.71. The molecule has 1 N–H and O–H groups in total. The van der Waals surface area contributed by atoms with E-state index in [1.165, 1.54) is 11.8 Å². The molecule has 132 valence electrons. The van der Waals surface area contributed by atoms with Gasteiger partial charge in [0.15, 0.2) is 0 Å². The van der Waals surface area contributed by atoms with Crippen molar-refractivity contribution in [2.75, 3.05) is 52.6 Å². The highest BCUT2D eigenvalue weighted by atomic mass is 32.2. The van der Waals surface area contributed by atoms with E-state index in [1.807, 2.05) is 39.7 Å². The maximum atomic E-state index is 14.1. The Labute approximate surface area is 146 Å². The van der Waals surface area contributed by atoms with Crippen LogP contribution in [0.4, 0.5) is 0 Å². The number of benzene rings is 1. The second-order valence-corrected chi connectivity index (χ2v) is 9.48. The predicted molar refractivity (Wildman–Crippen MR) is 93.9 cm³/mol. The summed E-state index contributed by atoms with van der Waals surface area (Å²) in [5.41, 5.74) is 0. The summed E-state index contributed by atoms with van der Waals surface area (Å²) in [6, 6.07) is 9.57. The molecule has 9 heteroatoms. The second kappa shape index (κ2) is 8.47. The average molecular weight is 371 g/mol. The molecule has 2 aliphatic heterocycles. The van der Waals surface area contributed by atoms with E-state index in [0.29, 0.717) is 52.6 Å². The van der Waals surface area contributed by atoms with Crippen LogP contribution in [-0.2, 0) is 14.0 Å². The molecule has 0 amide bonds. The molecule has 2 saturated heterocycles. The number of nitrogens with zero attached hydrogens (tertiary/aromatic N) is 3. The molecule has 0 bridgehead atoms. The quantitative estimate of drug-likeness (QED) is 0.217. The second-order valence-electron chi connectivity index (χ2n) is 5.47. The lowest BCUT2D eigenvalue weighted by Gasteiger charge is -2.41. The standard InChI is InChI=1S/C15H22N3O4PS/c19-16-15(24-14-4-2-1-3-5-14)23(20,17-6-10-21-11-7-17)18-8-12-22-13-9-18/h1-5,19H,6-13H2/b16-15+. The zero-order chi connectivity index (χ0) is 16.8. The molecule has 0 aliphatic carbocycles. The van der Waals surface area contributed by atoms with Gasteiger partial charge < -0.3 is 14.7 Å². The predicted octanol–water partition coefficient (Wildman–Crippen LogP) is 2.38. The van der Waals surface area contributed by atoms with Crippen molar-refractivity contribution in [2.24, 2.45) is 5.16 Å². The summed E-state index contributed by atoms with van der Waals surface area (Å²) in [5, 5.41) is 13.1. The summed E-state index contributed by atoms with van der Waals surface area (Å²) in [6.07, 6.45) is 0. The first-order valence-corrected chi connectivity index (χ1v) is 10.4. The van der Waals surface area contributed by atoms with E-state index >= 15 is 0 Å². The molecule has 1 aromatic carbocycles. The van der Waals surface area contributed by atoms with Crippen LogP contribution >= 0.6 is 19.2 Å². The molecular formula is C15H22N3O4PS. The van der Waals surface area contributed by atoms with Crippen LogP contribution in [0.15, 0.2) is 40.4 Å². The Kier molecular flexibility index (Phi) is 6.32. The van der Waals surface area contributed by atoms with Crippen molar-refractivity contribution in [3.8, 4) is 0 Å². The molecule has 2 aliphatic rings. The van der Waals surface area contributed by atoms with Crippen LogP contribution in [0.2, 0.25) is 0 Å². The summed E-state index contributed by atoms with van der Waals surface area (Å²) < 4.78 is 28.7. The number of thioether (sulfide) groups is 1. The van der Waals surface area contributed by atoms with Gasteiger partial charge in [0.1, 0.15) is 0 Å². The molecule has 0 saturated carbocycles. The van der Waals surface area contributed by atoms with Gasteiger partial charge >= 0.3 is 0 Å². The molecule has 2 fully saturated rings. The van der Waals surface area contributed by atoms with Crippen LogP contribution in [0.25, 0.3) is 0 Å². The Morgan fingerprint density at radius 2 is 1.50 bits per heavy atom. The Balaban J connectivity index is 1.90. The fourth-order valence-electron chi connectivity index (χ4n) is 2.80. The van der Waals surface area contributed by atoms with Gasteiger partial charge in [0.05, 0.1) is 26.4 Å². The first-order valence-electron chi connectivity index (χ1n) is 7.97. The van der Waals surface area contributed by atoms with Crippen molar-refractivity contribution in [1.82, 2.24) is 9.34 Å². The molecule has 7 nitrogen and oxygen atoms in total. The maximum Gasteiger partial charge on any atom is 0.274 e. The van der Waals surface area contributed by atoms with Crippen molar-refractivity contribution < 1.29 is 19.2 Å². The van der Waals surface area contributed by atoms with Gasteiger partial charge in [0.2, 0.25) is 4.78 Å². The van der Waals surface area contributed by atoms with Crippen LogP contribution in [0.5, 0.6) is 0 Å². The van der Waals surface area contributed by atoms with Gasteiger partial charge in [-0.2, -0.15) is 0 Å². The van der Waals surface area contributed by atoms with Crippen LogP contribution in [0, 0.1) is 0 Å². The lowest BCUT2D eigenvalue weighted by Crippen LogP contribution is -2.44. The van der Waals surface area contributed by atoms with E-state index in [-0.39, 0.29) is 4.78 Å². The van der Waals surface area contributed by atoms with Gasteiger partial charge in [-0.3, -0.25) is 4.57 Å².